The lowest BCUT2D eigenvalue weighted by atomic mass is 9.60. The molecule has 2 fully saturated rings. The number of aromatic nitrogens is 1. The number of urea groups is 1. The van der Waals surface area contributed by atoms with Crippen molar-refractivity contribution in [1.29, 1.82) is 0 Å². The molecule has 2 amide bonds. The molecule has 2 saturated carbocycles. The predicted octanol–water partition coefficient (Wildman–Crippen LogP) is 2.96. The first-order valence-electron chi connectivity index (χ1n) is 8.68. The Labute approximate surface area is 138 Å². The summed E-state index contributed by atoms with van der Waals surface area (Å²) in [5, 5.41) is 3.02. The summed E-state index contributed by atoms with van der Waals surface area (Å²) >= 11 is 0. The second kappa shape index (κ2) is 6.87. The third-order valence-corrected chi connectivity index (χ3v) is 5.63. The zero-order chi connectivity index (χ0) is 16.3. The summed E-state index contributed by atoms with van der Waals surface area (Å²) in [7, 11) is 1.93. The zero-order valence-electron chi connectivity index (χ0n) is 14.1. The van der Waals surface area contributed by atoms with E-state index in [9.17, 15) is 4.79 Å². The van der Waals surface area contributed by atoms with Crippen molar-refractivity contribution in [3.05, 3.63) is 30.1 Å². The van der Waals surface area contributed by atoms with Crippen molar-refractivity contribution < 1.29 is 9.53 Å². The lowest BCUT2D eigenvalue weighted by Gasteiger charge is -2.56. The molecule has 5 nitrogen and oxygen atoms in total. The van der Waals surface area contributed by atoms with E-state index in [0.29, 0.717) is 18.7 Å². The van der Waals surface area contributed by atoms with Crippen LogP contribution in [0.2, 0.25) is 0 Å². The molecule has 0 aromatic carbocycles. The highest BCUT2D eigenvalue weighted by atomic mass is 16.5. The van der Waals surface area contributed by atoms with Crippen LogP contribution in [0.15, 0.2) is 24.5 Å². The van der Waals surface area contributed by atoms with Gasteiger partial charge in [0.25, 0.3) is 0 Å². The summed E-state index contributed by atoms with van der Waals surface area (Å²) in [5.41, 5.74) is 1.26. The predicted molar refractivity (Wildman–Crippen MR) is 89.0 cm³/mol. The molecular formula is C18H27N3O2. The van der Waals surface area contributed by atoms with Crippen LogP contribution in [0, 0.1) is 5.41 Å². The van der Waals surface area contributed by atoms with Crippen LogP contribution in [-0.4, -0.2) is 41.7 Å². The van der Waals surface area contributed by atoms with Gasteiger partial charge in [-0.05, 0) is 43.9 Å². The maximum atomic E-state index is 12.5. The topological polar surface area (TPSA) is 54.5 Å². The maximum Gasteiger partial charge on any atom is 0.317 e. The average Bonchev–Trinajstić information content (AvgIpc) is 3.09. The number of pyridine rings is 1. The minimum atomic E-state index is 0.00744. The minimum absolute atomic E-state index is 0.00744. The Kier molecular flexibility index (Phi) is 4.85. The smallest absolute Gasteiger partial charge is 0.317 e. The zero-order valence-corrected chi connectivity index (χ0v) is 14.1. The van der Waals surface area contributed by atoms with Crippen LogP contribution in [-0.2, 0) is 11.3 Å². The number of amides is 2. The highest BCUT2D eigenvalue weighted by molar-refractivity contribution is 5.74. The van der Waals surface area contributed by atoms with Crippen molar-refractivity contribution in [2.75, 3.05) is 13.7 Å². The normalized spacial score (nSPS) is 25.1. The van der Waals surface area contributed by atoms with Crippen molar-refractivity contribution in [2.24, 2.45) is 5.41 Å². The molecule has 3 rings (SSSR count). The molecular weight excluding hydrogens is 290 g/mol. The minimum Gasteiger partial charge on any atom is -0.378 e. The van der Waals surface area contributed by atoms with Crippen LogP contribution in [0.25, 0.3) is 0 Å². The van der Waals surface area contributed by atoms with Crippen LogP contribution in [0.4, 0.5) is 4.79 Å². The van der Waals surface area contributed by atoms with Crippen LogP contribution in [0.3, 0.4) is 0 Å². The first-order chi connectivity index (χ1) is 11.2. The molecule has 23 heavy (non-hydrogen) atoms. The van der Waals surface area contributed by atoms with Crippen LogP contribution in [0.1, 0.15) is 44.6 Å². The fraction of sp³-hybridized carbons (Fsp3) is 0.667. The van der Waals surface area contributed by atoms with Crippen molar-refractivity contribution in [1.82, 2.24) is 15.2 Å². The molecule has 0 bridgehead atoms. The Morgan fingerprint density at radius 2 is 2.09 bits per heavy atom. The molecule has 1 spiro atoms. The standard InChI is InChI=1S/C18H27N3O2/c1-3-23-16-12-15(18(16)8-4-5-9-18)21(2)17(22)20-13-14-6-10-19-11-7-14/h6-7,10-11,15-16H,3-5,8-9,12-13H2,1-2H3,(H,20,22). The van der Waals surface area contributed by atoms with Crippen LogP contribution >= 0.6 is 0 Å². The van der Waals surface area contributed by atoms with Gasteiger partial charge >= 0.3 is 6.03 Å². The van der Waals surface area contributed by atoms with Crippen LogP contribution < -0.4 is 5.32 Å². The van der Waals surface area contributed by atoms with Gasteiger partial charge in [-0.25, -0.2) is 4.79 Å². The van der Waals surface area contributed by atoms with Crippen molar-refractivity contribution in [3.63, 3.8) is 0 Å². The molecule has 2 aliphatic carbocycles. The Morgan fingerprint density at radius 1 is 1.39 bits per heavy atom. The summed E-state index contributed by atoms with van der Waals surface area (Å²) in [4.78, 5) is 18.4. The largest absolute Gasteiger partial charge is 0.378 e. The Balaban J connectivity index is 1.59. The Morgan fingerprint density at radius 3 is 2.74 bits per heavy atom. The number of ether oxygens (including phenoxy) is 1. The molecule has 1 aromatic heterocycles. The van der Waals surface area contributed by atoms with Crippen molar-refractivity contribution in [3.8, 4) is 0 Å². The monoisotopic (exact) mass is 317 g/mol. The third-order valence-electron chi connectivity index (χ3n) is 5.63. The number of hydrogen-bond acceptors (Lipinski definition) is 3. The highest BCUT2D eigenvalue weighted by Crippen LogP contribution is 2.56. The first-order valence-corrected chi connectivity index (χ1v) is 8.68. The molecule has 1 N–H and O–H groups in total. The maximum absolute atomic E-state index is 12.5. The third kappa shape index (κ3) is 3.07. The fourth-order valence-electron chi connectivity index (χ4n) is 4.34. The lowest BCUT2D eigenvalue weighted by Crippen LogP contribution is -2.65. The molecule has 2 aliphatic rings. The summed E-state index contributed by atoms with van der Waals surface area (Å²) in [5.74, 6) is 0. The molecule has 0 radical (unpaired) electrons. The van der Waals surface area contributed by atoms with Crippen molar-refractivity contribution >= 4 is 6.03 Å². The van der Waals surface area contributed by atoms with E-state index in [1.54, 1.807) is 12.4 Å². The van der Waals surface area contributed by atoms with E-state index in [0.717, 1.165) is 18.6 Å². The van der Waals surface area contributed by atoms with Crippen molar-refractivity contribution in [2.45, 2.75) is 57.7 Å². The molecule has 0 saturated heterocycles. The van der Waals surface area contributed by atoms with Gasteiger partial charge in [0.1, 0.15) is 0 Å². The summed E-state index contributed by atoms with van der Waals surface area (Å²) in [6.45, 7) is 3.36. The Hall–Kier alpha value is -1.62. The molecule has 2 atom stereocenters. The molecule has 126 valence electrons. The fourth-order valence-corrected chi connectivity index (χ4v) is 4.34. The number of rotatable bonds is 5. The van der Waals surface area contributed by atoms with Gasteiger partial charge in [0.2, 0.25) is 0 Å². The molecule has 1 aromatic rings. The van der Waals surface area contributed by atoms with E-state index in [4.69, 9.17) is 4.74 Å². The molecule has 0 aliphatic heterocycles. The van der Waals surface area contributed by atoms with Gasteiger partial charge in [-0.1, -0.05) is 12.8 Å². The van der Waals surface area contributed by atoms with Gasteiger partial charge < -0.3 is 15.0 Å². The molecule has 1 heterocycles. The van der Waals surface area contributed by atoms with E-state index < -0.39 is 0 Å². The number of nitrogens with zero attached hydrogens (tertiary/aromatic N) is 2. The van der Waals surface area contributed by atoms with E-state index in [1.807, 2.05) is 24.1 Å². The lowest BCUT2D eigenvalue weighted by molar-refractivity contribution is -0.151. The number of nitrogens with one attached hydrogen (secondary N) is 1. The number of carbonyl (C=O) groups excluding carboxylic acids is 1. The van der Waals surface area contributed by atoms with Gasteiger partial charge in [0.05, 0.1) is 6.10 Å². The summed E-state index contributed by atoms with van der Waals surface area (Å²) in [6, 6.07) is 4.16. The summed E-state index contributed by atoms with van der Waals surface area (Å²) in [6.07, 6.45) is 9.67. The Bertz CT molecular complexity index is 528. The van der Waals surface area contributed by atoms with Gasteiger partial charge in [-0.15, -0.1) is 0 Å². The van der Waals surface area contributed by atoms with Gasteiger partial charge in [0.15, 0.2) is 0 Å². The van der Waals surface area contributed by atoms with E-state index in [-0.39, 0.29) is 11.4 Å². The van der Waals surface area contributed by atoms with Gasteiger partial charge in [-0.3, -0.25) is 4.98 Å². The average molecular weight is 317 g/mol. The van der Waals surface area contributed by atoms with E-state index in [2.05, 4.69) is 17.2 Å². The number of carbonyl (C=O) groups is 1. The van der Waals surface area contributed by atoms with E-state index in [1.165, 1.54) is 25.7 Å². The second-order valence-electron chi connectivity index (χ2n) is 6.76. The first kappa shape index (κ1) is 16.2. The second-order valence-corrected chi connectivity index (χ2v) is 6.76. The molecule has 2 unspecified atom stereocenters. The van der Waals surface area contributed by atoms with Gasteiger partial charge in [-0.2, -0.15) is 0 Å². The highest BCUT2D eigenvalue weighted by Gasteiger charge is 2.58. The molecule has 5 heteroatoms. The summed E-state index contributed by atoms with van der Waals surface area (Å²) < 4.78 is 5.94. The van der Waals surface area contributed by atoms with Crippen LogP contribution in [0.5, 0.6) is 0 Å². The number of hydrogen-bond donors (Lipinski definition) is 1. The SMILES string of the molecule is CCOC1CC(N(C)C(=O)NCc2ccncc2)C12CCCC2. The van der Waals surface area contributed by atoms with Gasteiger partial charge in [0, 0.05) is 44.0 Å². The van der Waals surface area contributed by atoms with E-state index >= 15 is 0 Å². The quantitative estimate of drug-likeness (QED) is 0.908.